The van der Waals surface area contributed by atoms with E-state index in [4.69, 9.17) is 17.3 Å². The van der Waals surface area contributed by atoms with Crippen molar-refractivity contribution in [2.24, 2.45) is 7.05 Å². The SMILES string of the molecule is CS[C@H](CNC(=O)c1cnn(C)c1N)c1cccc(Cl)c1. The van der Waals surface area contributed by atoms with Crippen molar-refractivity contribution in [2.45, 2.75) is 5.25 Å². The van der Waals surface area contributed by atoms with Crippen LogP contribution in [0.15, 0.2) is 30.5 Å². The lowest BCUT2D eigenvalue weighted by Gasteiger charge is -2.16. The third-order valence-electron chi connectivity index (χ3n) is 3.18. The summed E-state index contributed by atoms with van der Waals surface area (Å²) in [6.45, 7) is 0.495. The van der Waals surface area contributed by atoms with Crippen molar-refractivity contribution < 1.29 is 4.79 Å². The number of nitrogens with zero attached hydrogens (tertiary/aromatic N) is 2. The van der Waals surface area contributed by atoms with Crippen molar-refractivity contribution >= 4 is 35.1 Å². The summed E-state index contributed by atoms with van der Waals surface area (Å²) in [5.41, 5.74) is 7.26. The Kier molecular flexibility index (Phi) is 5.14. The summed E-state index contributed by atoms with van der Waals surface area (Å²) in [6, 6.07) is 7.64. The molecule has 21 heavy (non-hydrogen) atoms. The molecule has 0 saturated heterocycles. The topological polar surface area (TPSA) is 72.9 Å². The van der Waals surface area contributed by atoms with Crippen molar-refractivity contribution in [3.8, 4) is 0 Å². The van der Waals surface area contributed by atoms with E-state index in [9.17, 15) is 4.79 Å². The van der Waals surface area contributed by atoms with Crippen LogP contribution in [0.1, 0.15) is 21.2 Å². The lowest BCUT2D eigenvalue weighted by atomic mass is 10.1. The molecule has 2 rings (SSSR count). The first-order chi connectivity index (χ1) is 10.0. The Morgan fingerprint density at radius 2 is 2.33 bits per heavy atom. The average Bonchev–Trinajstić information content (AvgIpc) is 2.79. The van der Waals surface area contributed by atoms with Gasteiger partial charge in [0.1, 0.15) is 11.4 Å². The smallest absolute Gasteiger partial charge is 0.256 e. The molecular weight excluding hydrogens is 308 g/mol. The Balaban J connectivity index is 2.03. The number of thioether (sulfide) groups is 1. The second-order valence-corrected chi connectivity index (χ2v) is 6.03. The molecule has 1 aromatic carbocycles. The third-order valence-corrected chi connectivity index (χ3v) is 4.43. The number of carbonyl (C=O) groups excluding carboxylic acids is 1. The van der Waals surface area contributed by atoms with E-state index in [1.54, 1.807) is 18.8 Å². The molecular formula is C14H17ClN4OS. The molecule has 1 atom stereocenters. The molecule has 2 aromatic rings. The standard InChI is InChI=1S/C14H17ClN4OS/c1-19-13(16)11(7-18-19)14(20)17-8-12(21-2)9-4-3-5-10(15)6-9/h3-7,12H,8,16H2,1-2H3,(H,17,20)/t12-/m1/s1. The Bertz CT molecular complexity index is 644. The first-order valence-electron chi connectivity index (χ1n) is 6.37. The maximum Gasteiger partial charge on any atom is 0.256 e. The zero-order valence-corrected chi connectivity index (χ0v) is 13.4. The number of nitrogens with two attached hydrogens (primary N) is 1. The van der Waals surface area contributed by atoms with Gasteiger partial charge in [0, 0.05) is 23.9 Å². The molecule has 0 saturated carbocycles. The number of anilines is 1. The molecule has 0 fully saturated rings. The number of hydrogen-bond acceptors (Lipinski definition) is 4. The molecule has 0 unspecified atom stereocenters. The maximum atomic E-state index is 12.1. The molecule has 0 spiro atoms. The Hall–Kier alpha value is -1.66. The van der Waals surface area contributed by atoms with Gasteiger partial charge in [-0.05, 0) is 24.0 Å². The van der Waals surface area contributed by atoms with Crippen molar-refractivity contribution in [1.82, 2.24) is 15.1 Å². The molecule has 1 aromatic heterocycles. The molecule has 5 nitrogen and oxygen atoms in total. The number of carbonyl (C=O) groups is 1. The number of hydrogen-bond donors (Lipinski definition) is 2. The van der Waals surface area contributed by atoms with Crippen LogP contribution in [0.2, 0.25) is 5.02 Å². The van der Waals surface area contributed by atoms with E-state index in [1.165, 1.54) is 10.9 Å². The van der Waals surface area contributed by atoms with Gasteiger partial charge in [-0.15, -0.1) is 0 Å². The zero-order chi connectivity index (χ0) is 15.4. The van der Waals surface area contributed by atoms with E-state index >= 15 is 0 Å². The minimum Gasteiger partial charge on any atom is -0.383 e. The molecule has 112 valence electrons. The number of aromatic nitrogens is 2. The van der Waals surface area contributed by atoms with E-state index in [1.807, 2.05) is 30.5 Å². The molecule has 7 heteroatoms. The Labute approximate surface area is 132 Å². The van der Waals surface area contributed by atoms with E-state index in [0.29, 0.717) is 22.9 Å². The number of nitrogens with one attached hydrogen (secondary N) is 1. The lowest BCUT2D eigenvalue weighted by Crippen LogP contribution is -2.28. The number of amides is 1. The summed E-state index contributed by atoms with van der Waals surface area (Å²) < 4.78 is 1.47. The van der Waals surface area contributed by atoms with Gasteiger partial charge in [0.15, 0.2) is 0 Å². The molecule has 0 aliphatic rings. The van der Waals surface area contributed by atoms with Crippen LogP contribution < -0.4 is 11.1 Å². The highest BCUT2D eigenvalue weighted by atomic mass is 35.5. The van der Waals surface area contributed by atoms with Crippen LogP contribution in [-0.2, 0) is 7.05 Å². The highest BCUT2D eigenvalue weighted by Gasteiger charge is 2.16. The maximum absolute atomic E-state index is 12.1. The monoisotopic (exact) mass is 324 g/mol. The second-order valence-electron chi connectivity index (χ2n) is 4.56. The predicted molar refractivity (Wildman–Crippen MR) is 87.7 cm³/mol. The van der Waals surface area contributed by atoms with Crippen LogP contribution in [0.25, 0.3) is 0 Å². The molecule has 0 aliphatic heterocycles. The summed E-state index contributed by atoms with van der Waals surface area (Å²) in [7, 11) is 1.70. The van der Waals surface area contributed by atoms with Gasteiger partial charge < -0.3 is 11.1 Å². The molecule has 0 radical (unpaired) electrons. The second kappa shape index (κ2) is 6.87. The van der Waals surface area contributed by atoms with Gasteiger partial charge in [-0.2, -0.15) is 16.9 Å². The van der Waals surface area contributed by atoms with Crippen molar-refractivity contribution in [1.29, 1.82) is 0 Å². The van der Waals surface area contributed by atoms with E-state index in [0.717, 1.165) is 5.56 Å². The zero-order valence-electron chi connectivity index (χ0n) is 11.8. The van der Waals surface area contributed by atoms with Crippen LogP contribution in [-0.4, -0.2) is 28.5 Å². The summed E-state index contributed by atoms with van der Waals surface area (Å²) in [5, 5.41) is 7.67. The third kappa shape index (κ3) is 3.71. The Morgan fingerprint density at radius 3 is 2.90 bits per heavy atom. The van der Waals surface area contributed by atoms with E-state index in [-0.39, 0.29) is 11.2 Å². The van der Waals surface area contributed by atoms with Gasteiger partial charge in [0.05, 0.1) is 6.20 Å². The lowest BCUT2D eigenvalue weighted by molar-refractivity contribution is 0.0954. The quantitative estimate of drug-likeness (QED) is 0.886. The van der Waals surface area contributed by atoms with Crippen molar-refractivity contribution in [3.63, 3.8) is 0 Å². The summed E-state index contributed by atoms with van der Waals surface area (Å²) in [5.74, 6) is 0.137. The molecule has 1 amide bonds. The van der Waals surface area contributed by atoms with Crippen LogP contribution >= 0.6 is 23.4 Å². The summed E-state index contributed by atoms with van der Waals surface area (Å²) in [4.78, 5) is 12.1. The fraction of sp³-hybridized carbons (Fsp3) is 0.286. The van der Waals surface area contributed by atoms with Crippen LogP contribution in [0.3, 0.4) is 0 Å². The van der Waals surface area contributed by atoms with Crippen LogP contribution in [0.4, 0.5) is 5.82 Å². The number of aryl methyl sites for hydroxylation is 1. The van der Waals surface area contributed by atoms with Gasteiger partial charge >= 0.3 is 0 Å². The van der Waals surface area contributed by atoms with Crippen molar-refractivity contribution in [2.75, 3.05) is 18.5 Å². The fourth-order valence-corrected chi connectivity index (χ4v) is 2.81. The number of halogens is 1. The number of benzene rings is 1. The van der Waals surface area contributed by atoms with E-state index < -0.39 is 0 Å². The van der Waals surface area contributed by atoms with Gasteiger partial charge in [-0.25, -0.2) is 0 Å². The summed E-state index contributed by atoms with van der Waals surface area (Å²) in [6.07, 6.45) is 3.47. The number of rotatable bonds is 5. The fourth-order valence-electron chi connectivity index (χ4n) is 1.95. The predicted octanol–water partition coefficient (Wildman–Crippen LogP) is 2.49. The van der Waals surface area contributed by atoms with Gasteiger partial charge in [0.2, 0.25) is 0 Å². The minimum absolute atomic E-state index is 0.130. The summed E-state index contributed by atoms with van der Waals surface area (Å²) >= 11 is 7.66. The first-order valence-corrected chi connectivity index (χ1v) is 8.03. The molecule has 0 bridgehead atoms. The Morgan fingerprint density at radius 1 is 1.57 bits per heavy atom. The normalized spacial score (nSPS) is 12.1. The van der Waals surface area contributed by atoms with Gasteiger partial charge in [-0.3, -0.25) is 9.48 Å². The highest BCUT2D eigenvalue weighted by Crippen LogP contribution is 2.27. The minimum atomic E-state index is -0.221. The largest absolute Gasteiger partial charge is 0.383 e. The highest BCUT2D eigenvalue weighted by molar-refractivity contribution is 7.98. The number of nitrogen functional groups attached to an aromatic ring is 1. The van der Waals surface area contributed by atoms with Crippen LogP contribution in [0, 0.1) is 0 Å². The van der Waals surface area contributed by atoms with Crippen LogP contribution in [0.5, 0.6) is 0 Å². The van der Waals surface area contributed by atoms with E-state index in [2.05, 4.69) is 10.4 Å². The molecule has 3 N–H and O–H groups in total. The first kappa shape index (κ1) is 15.7. The van der Waals surface area contributed by atoms with Crippen molar-refractivity contribution in [3.05, 3.63) is 46.6 Å². The average molecular weight is 325 g/mol. The van der Waals surface area contributed by atoms with Gasteiger partial charge in [0.25, 0.3) is 5.91 Å². The van der Waals surface area contributed by atoms with Gasteiger partial charge in [-0.1, -0.05) is 23.7 Å². The molecule has 0 aliphatic carbocycles. The molecule has 1 heterocycles.